The van der Waals surface area contributed by atoms with Crippen molar-refractivity contribution in [2.45, 2.75) is 69.5 Å². The van der Waals surface area contributed by atoms with Crippen molar-refractivity contribution in [3.05, 3.63) is 0 Å². The molecule has 2 aliphatic heterocycles. The third-order valence-corrected chi connectivity index (χ3v) is 4.61. The lowest BCUT2D eigenvalue weighted by Gasteiger charge is -2.47. The SMILES string of the molecule is CN1C2CCCC1CC(NCCCCCO)C2. The van der Waals surface area contributed by atoms with Gasteiger partial charge in [-0.25, -0.2) is 0 Å². The second-order valence-corrected chi connectivity index (χ2v) is 5.81. The molecule has 2 heterocycles. The molecule has 0 radical (unpaired) electrons. The lowest BCUT2D eigenvalue weighted by Crippen LogP contribution is -2.54. The van der Waals surface area contributed by atoms with E-state index in [0.29, 0.717) is 6.61 Å². The highest BCUT2D eigenvalue weighted by molar-refractivity contribution is 4.93. The summed E-state index contributed by atoms with van der Waals surface area (Å²) in [5, 5.41) is 12.4. The standard InChI is InChI=1S/C14H28N2O/c1-16-13-6-5-7-14(16)11-12(10-13)15-8-3-2-4-9-17/h12-15,17H,2-11H2,1H3. The average molecular weight is 240 g/mol. The van der Waals surface area contributed by atoms with Crippen molar-refractivity contribution in [3.8, 4) is 0 Å². The number of nitrogens with zero attached hydrogens (tertiary/aromatic N) is 1. The van der Waals surface area contributed by atoms with Gasteiger partial charge in [-0.2, -0.15) is 0 Å². The van der Waals surface area contributed by atoms with Crippen LogP contribution in [-0.2, 0) is 0 Å². The molecule has 3 nitrogen and oxygen atoms in total. The largest absolute Gasteiger partial charge is 0.396 e. The molecule has 2 N–H and O–H groups in total. The van der Waals surface area contributed by atoms with Crippen LogP contribution < -0.4 is 5.32 Å². The van der Waals surface area contributed by atoms with Gasteiger partial charge in [-0.05, 0) is 58.5 Å². The second-order valence-electron chi connectivity index (χ2n) is 5.81. The van der Waals surface area contributed by atoms with Crippen LogP contribution in [0.2, 0.25) is 0 Å². The highest BCUT2D eigenvalue weighted by Gasteiger charge is 2.35. The average Bonchev–Trinajstić information content (AvgIpc) is 2.30. The van der Waals surface area contributed by atoms with Crippen molar-refractivity contribution >= 4 is 0 Å². The first-order chi connectivity index (χ1) is 8.31. The molecule has 3 heteroatoms. The van der Waals surface area contributed by atoms with Gasteiger partial charge in [-0.15, -0.1) is 0 Å². The van der Waals surface area contributed by atoms with Crippen LogP contribution in [0.3, 0.4) is 0 Å². The molecule has 2 atom stereocenters. The van der Waals surface area contributed by atoms with Crippen molar-refractivity contribution in [3.63, 3.8) is 0 Å². The molecule has 2 unspecified atom stereocenters. The van der Waals surface area contributed by atoms with Gasteiger partial charge in [-0.1, -0.05) is 6.42 Å². The predicted molar refractivity (Wildman–Crippen MR) is 71.2 cm³/mol. The van der Waals surface area contributed by atoms with Crippen molar-refractivity contribution in [1.82, 2.24) is 10.2 Å². The minimum atomic E-state index is 0.346. The molecule has 2 saturated heterocycles. The zero-order chi connectivity index (χ0) is 12.1. The Kier molecular flexibility index (Phi) is 5.26. The predicted octanol–water partition coefficient (Wildman–Crippen LogP) is 1.75. The van der Waals surface area contributed by atoms with E-state index in [2.05, 4.69) is 17.3 Å². The van der Waals surface area contributed by atoms with Crippen molar-refractivity contribution in [2.24, 2.45) is 0 Å². The maximum atomic E-state index is 8.73. The number of aliphatic hydroxyl groups excluding tert-OH is 1. The highest BCUT2D eigenvalue weighted by atomic mass is 16.2. The molecule has 0 aliphatic carbocycles. The number of aliphatic hydroxyl groups is 1. The van der Waals surface area contributed by atoms with Crippen LogP contribution in [0, 0.1) is 0 Å². The van der Waals surface area contributed by atoms with E-state index >= 15 is 0 Å². The van der Waals surface area contributed by atoms with Crippen LogP contribution in [0.4, 0.5) is 0 Å². The zero-order valence-corrected chi connectivity index (χ0v) is 11.2. The molecule has 2 bridgehead atoms. The molecule has 2 rings (SSSR count). The molecular formula is C14H28N2O. The van der Waals surface area contributed by atoms with Crippen molar-refractivity contribution < 1.29 is 5.11 Å². The summed E-state index contributed by atoms with van der Waals surface area (Å²) >= 11 is 0. The fourth-order valence-corrected chi connectivity index (χ4v) is 3.50. The number of hydrogen-bond acceptors (Lipinski definition) is 3. The van der Waals surface area contributed by atoms with Gasteiger partial charge < -0.3 is 15.3 Å². The Bertz CT molecular complexity index is 208. The summed E-state index contributed by atoms with van der Waals surface area (Å²) in [7, 11) is 2.31. The molecule has 0 aromatic rings. The van der Waals surface area contributed by atoms with Crippen LogP contribution >= 0.6 is 0 Å². The van der Waals surface area contributed by atoms with E-state index in [1.807, 2.05) is 0 Å². The number of hydrogen-bond donors (Lipinski definition) is 2. The van der Waals surface area contributed by atoms with Crippen LogP contribution in [0.1, 0.15) is 51.4 Å². The summed E-state index contributed by atoms with van der Waals surface area (Å²) in [6.07, 6.45) is 10.2. The Morgan fingerprint density at radius 3 is 2.47 bits per heavy atom. The van der Waals surface area contributed by atoms with E-state index in [1.54, 1.807) is 0 Å². The molecular weight excluding hydrogens is 212 g/mol. The first-order valence-corrected chi connectivity index (χ1v) is 7.37. The normalized spacial score (nSPS) is 33.9. The third-order valence-electron chi connectivity index (χ3n) is 4.61. The zero-order valence-electron chi connectivity index (χ0n) is 11.2. The first-order valence-electron chi connectivity index (χ1n) is 7.37. The van der Waals surface area contributed by atoms with E-state index in [-0.39, 0.29) is 0 Å². The summed E-state index contributed by atoms with van der Waals surface area (Å²) < 4.78 is 0. The van der Waals surface area contributed by atoms with Crippen LogP contribution in [-0.4, -0.2) is 48.3 Å². The smallest absolute Gasteiger partial charge is 0.0431 e. The molecule has 0 saturated carbocycles. The van der Waals surface area contributed by atoms with Crippen LogP contribution in [0.25, 0.3) is 0 Å². The monoisotopic (exact) mass is 240 g/mol. The second kappa shape index (κ2) is 6.72. The maximum Gasteiger partial charge on any atom is 0.0431 e. The number of fused-ring (bicyclic) bond motifs is 2. The fraction of sp³-hybridized carbons (Fsp3) is 1.00. The Morgan fingerprint density at radius 1 is 1.12 bits per heavy atom. The summed E-state index contributed by atoms with van der Waals surface area (Å²) in [5.74, 6) is 0. The Hall–Kier alpha value is -0.120. The number of rotatable bonds is 6. The van der Waals surface area contributed by atoms with Gasteiger partial charge in [0.05, 0.1) is 0 Å². The van der Waals surface area contributed by atoms with Crippen LogP contribution in [0.15, 0.2) is 0 Å². The number of piperidine rings is 2. The molecule has 0 aromatic heterocycles. The fourth-order valence-electron chi connectivity index (χ4n) is 3.50. The van der Waals surface area contributed by atoms with E-state index in [9.17, 15) is 0 Å². The van der Waals surface area contributed by atoms with Gasteiger partial charge in [0.2, 0.25) is 0 Å². The van der Waals surface area contributed by atoms with E-state index in [4.69, 9.17) is 5.11 Å². The summed E-state index contributed by atoms with van der Waals surface area (Å²) in [6, 6.07) is 2.41. The minimum Gasteiger partial charge on any atom is -0.396 e. The third kappa shape index (κ3) is 3.67. The summed E-state index contributed by atoms with van der Waals surface area (Å²) in [4.78, 5) is 2.62. The molecule has 100 valence electrons. The van der Waals surface area contributed by atoms with Gasteiger partial charge in [0.15, 0.2) is 0 Å². The topological polar surface area (TPSA) is 35.5 Å². The van der Waals surface area contributed by atoms with E-state index < -0.39 is 0 Å². The van der Waals surface area contributed by atoms with Crippen molar-refractivity contribution in [1.29, 1.82) is 0 Å². The van der Waals surface area contributed by atoms with Gasteiger partial charge in [0, 0.05) is 24.7 Å². The lowest BCUT2D eigenvalue weighted by atomic mass is 9.82. The van der Waals surface area contributed by atoms with E-state index in [1.165, 1.54) is 38.5 Å². The van der Waals surface area contributed by atoms with E-state index in [0.717, 1.165) is 37.5 Å². The van der Waals surface area contributed by atoms with Crippen molar-refractivity contribution in [2.75, 3.05) is 20.2 Å². The molecule has 0 spiro atoms. The highest BCUT2D eigenvalue weighted by Crippen LogP contribution is 2.32. The maximum absolute atomic E-state index is 8.73. The Labute approximate surface area is 106 Å². The van der Waals surface area contributed by atoms with Gasteiger partial charge in [-0.3, -0.25) is 0 Å². The Morgan fingerprint density at radius 2 is 1.82 bits per heavy atom. The minimum absolute atomic E-state index is 0.346. The first kappa shape index (κ1) is 13.3. The summed E-state index contributed by atoms with van der Waals surface area (Å²) in [6.45, 7) is 1.48. The molecule has 0 aromatic carbocycles. The van der Waals surface area contributed by atoms with Gasteiger partial charge >= 0.3 is 0 Å². The number of unbranched alkanes of at least 4 members (excludes halogenated alkanes) is 2. The van der Waals surface area contributed by atoms with Gasteiger partial charge in [0.1, 0.15) is 0 Å². The molecule has 2 aliphatic rings. The molecule has 17 heavy (non-hydrogen) atoms. The summed E-state index contributed by atoms with van der Waals surface area (Å²) in [5.41, 5.74) is 0. The Balaban J connectivity index is 1.65. The molecule has 2 fully saturated rings. The lowest BCUT2D eigenvalue weighted by molar-refractivity contribution is 0.0486. The van der Waals surface area contributed by atoms with Crippen LogP contribution in [0.5, 0.6) is 0 Å². The van der Waals surface area contributed by atoms with Gasteiger partial charge in [0.25, 0.3) is 0 Å². The quantitative estimate of drug-likeness (QED) is 0.694. The molecule has 0 amide bonds. The number of nitrogens with one attached hydrogen (secondary N) is 1.